The molecule has 1 atom stereocenters. The maximum absolute atomic E-state index is 14.0. The molecule has 1 fully saturated rings. The van der Waals surface area contributed by atoms with Gasteiger partial charge in [0.15, 0.2) is 0 Å². The van der Waals surface area contributed by atoms with Crippen molar-refractivity contribution in [1.82, 2.24) is 5.32 Å². The van der Waals surface area contributed by atoms with E-state index in [4.69, 9.17) is 11.6 Å². The Hall–Kier alpha value is -0.600. The van der Waals surface area contributed by atoms with Crippen molar-refractivity contribution in [1.29, 1.82) is 0 Å². The van der Waals surface area contributed by atoms with Crippen molar-refractivity contribution < 1.29 is 4.39 Å². The molecule has 1 unspecified atom stereocenters. The van der Waals surface area contributed by atoms with Crippen molar-refractivity contribution in [3.8, 4) is 0 Å². The van der Waals surface area contributed by atoms with Gasteiger partial charge in [0.25, 0.3) is 0 Å². The van der Waals surface area contributed by atoms with Crippen LogP contribution in [0.25, 0.3) is 0 Å². The molecule has 3 heteroatoms. The molecule has 0 bridgehead atoms. The zero-order valence-corrected chi connectivity index (χ0v) is 12.3. The SMILES string of the molecule is CCNC(CCC1CCCC1)c1ccc(Cl)cc1F. The van der Waals surface area contributed by atoms with E-state index >= 15 is 0 Å². The Balaban J connectivity index is 2.01. The summed E-state index contributed by atoms with van der Waals surface area (Å²) in [5, 5.41) is 3.87. The summed E-state index contributed by atoms with van der Waals surface area (Å²) < 4.78 is 14.0. The molecular weight excluding hydrogens is 261 g/mol. The van der Waals surface area contributed by atoms with Crippen molar-refractivity contribution >= 4 is 11.6 Å². The summed E-state index contributed by atoms with van der Waals surface area (Å²) in [7, 11) is 0. The molecule has 0 saturated heterocycles. The van der Waals surface area contributed by atoms with Crippen molar-refractivity contribution in [2.75, 3.05) is 6.54 Å². The van der Waals surface area contributed by atoms with Crippen LogP contribution in [0, 0.1) is 11.7 Å². The molecule has 1 aromatic rings. The third-order valence-corrected chi connectivity index (χ3v) is 4.36. The molecule has 0 spiro atoms. The van der Waals surface area contributed by atoms with Crippen LogP contribution in [0.1, 0.15) is 57.1 Å². The number of hydrogen-bond acceptors (Lipinski definition) is 1. The number of hydrogen-bond donors (Lipinski definition) is 1. The van der Waals surface area contributed by atoms with Gasteiger partial charge in [-0.3, -0.25) is 0 Å². The van der Waals surface area contributed by atoms with Gasteiger partial charge in [0.2, 0.25) is 0 Å². The van der Waals surface area contributed by atoms with Gasteiger partial charge < -0.3 is 5.32 Å². The van der Waals surface area contributed by atoms with Crippen LogP contribution >= 0.6 is 11.6 Å². The maximum atomic E-state index is 14.0. The van der Waals surface area contributed by atoms with Crippen LogP contribution in [0.15, 0.2) is 18.2 Å². The zero-order valence-electron chi connectivity index (χ0n) is 11.6. The lowest BCUT2D eigenvalue weighted by Crippen LogP contribution is -2.22. The average Bonchev–Trinajstić information content (AvgIpc) is 2.88. The molecule has 1 nitrogen and oxygen atoms in total. The lowest BCUT2D eigenvalue weighted by molar-refractivity contribution is 0.407. The topological polar surface area (TPSA) is 12.0 Å². The fraction of sp³-hybridized carbons (Fsp3) is 0.625. The van der Waals surface area contributed by atoms with Crippen molar-refractivity contribution in [2.45, 2.75) is 51.5 Å². The van der Waals surface area contributed by atoms with E-state index in [2.05, 4.69) is 12.2 Å². The van der Waals surface area contributed by atoms with E-state index in [1.165, 1.54) is 38.2 Å². The van der Waals surface area contributed by atoms with Crippen LogP contribution < -0.4 is 5.32 Å². The van der Waals surface area contributed by atoms with Crippen LogP contribution in [0.3, 0.4) is 0 Å². The van der Waals surface area contributed by atoms with E-state index in [0.29, 0.717) is 5.02 Å². The highest BCUT2D eigenvalue weighted by molar-refractivity contribution is 6.30. The summed E-state index contributed by atoms with van der Waals surface area (Å²) in [5.74, 6) is 0.654. The fourth-order valence-corrected chi connectivity index (χ4v) is 3.26. The maximum Gasteiger partial charge on any atom is 0.129 e. The largest absolute Gasteiger partial charge is 0.310 e. The third-order valence-electron chi connectivity index (χ3n) is 4.13. The molecule has 0 radical (unpaired) electrons. The van der Waals surface area contributed by atoms with Crippen LogP contribution in [-0.4, -0.2) is 6.54 Å². The summed E-state index contributed by atoms with van der Waals surface area (Å²) in [4.78, 5) is 0. The molecule has 1 aromatic carbocycles. The smallest absolute Gasteiger partial charge is 0.129 e. The van der Waals surface area contributed by atoms with Gasteiger partial charge in [-0.1, -0.05) is 50.3 Å². The summed E-state index contributed by atoms with van der Waals surface area (Å²) in [6.45, 7) is 2.92. The first kappa shape index (κ1) is 14.8. The van der Waals surface area contributed by atoms with E-state index in [0.717, 1.165) is 24.4 Å². The molecule has 0 amide bonds. The molecule has 19 heavy (non-hydrogen) atoms. The fourth-order valence-electron chi connectivity index (χ4n) is 3.10. The van der Waals surface area contributed by atoms with Crippen molar-refractivity contribution in [3.63, 3.8) is 0 Å². The van der Waals surface area contributed by atoms with E-state index < -0.39 is 0 Å². The second-order valence-corrected chi connectivity index (χ2v) is 5.94. The van der Waals surface area contributed by atoms with E-state index in [-0.39, 0.29) is 11.9 Å². The van der Waals surface area contributed by atoms with Gasteiger partial charge in [0.1, 0.15) is 5.82 Å². The molecule has 1 aliphatic rings. The monoisotopic (exact) mass is 283 g/mol. The Kier molecular flexibility index (Phi) is 5.65. The molecule has 1 N–H and O–H groups in total. The Morgan fingerprint density at radius 3 is 2.74 bits per heavy atom. The quantitative estimate of drug-likeness (QED) is 0.766. The lowest BCUT2D eigenvalue weighted by atomic mass is 9.94. The minimum atomic E-state index is -0.190. The first-order valence-electron chi connectivity index (χ1n) is 7.39. The van der Waals surface area contributed by atoms with E-state index in [9.17, 15) is 4.39 Å². The van der Waals surface area contributed by atoms with Gasteiger partial charge in [0.05, 0.1) is 0 Å². The molecule has 0 aliphatic heterocycles. The first-order valence-corrected chi connectivity index (χ1v) is 7.76. The molecule has 2 rings (SSSR count). The highest BCUT2D eigenvalue weighted by Crippen LogP contribution is 2.32. The number of benzene rings is 1. The highest BCUT2D eigenvalue weighted by atomic mass is 35.5. The first-order chi connectivity index (χ1) is 9.20. The molecular formula is C16H23ClFN. The summed E-state index contributed by atoms with van der Waals surface area (Å²) in [6.07, 6.45) is 7.64. The van der Waals surface area contributed by atoms with E-state index in [1.807, 2.05) is 6.07 Å². The van der Waals surface area contributed by atoms with Gasteiger partial charge >= 0.3 is 0 Å². The summed E-state index contributed by atoms with van der Waals surface area (Å²) >= 11 is 5.82. The van der Waals surface area contributed by atoms with Crippen molar-refractivity contribution in [2.24, 2.45) is 5.92 Å². The minimum Gasteiger partial charge on any atom is -0.310 e. The predicted octanol–water partition coefficient (Wildman–Crippen LogP) is 5.10. The highest BCUT2D eigenvalue weighted by Gasteiger charge is 2.19. The van der Waals surface area contributed by atoms with Gasteiger partial charge in [-0.25, -0.2) is 4.39 Å². The zero-order chi connectivity index (χ0) is 13.7. The van der Waals surface area contributed by atoms with Gasteiger partial charge in [-0.15, -0.1) is 0 Å². The number of halogens is 2. The molecule has 0 aromatic heterocycles. The van der Waals surface area contributed by atoms with Crippen LogP contribution in [0.5, 0.6) is 0 Å². The normalized spacial score (nSPS) is 17.8. The molecule has 0 heterocycles. The van der Waals surface area contributed by atoms with Crippen molar-refractivity contribution in [3.05, 3.63) is 34.6 Å². The van der Waals surface area contributed by atoms with E-state index in [1.54, 1.807) is 6.07 Å². The van der Waals surface area contributed by atoms with Gasteiger partial charge in [-0.05, 0) is 37.4 Å². The van der Waals surface area contributed by atoms with Gasteiger partial charge in [-0.2, -0.15) is 0 Å². The third kappa shape index (κ3) is 4.19. The molecule has 106 valence electrons. The second kappa shape index (κ2) is 7.25. The predicted molar refractivity (Wildman–Crippen MR) is 79.0 cm³/mol. The lowest BCUT2D eigenvalue weighted by Gasteiger charge is -2.21. The number of nitrogens with one attached hydrogen (secondary N) is 1. The second-order valence-electron chi connectivity index (χ2n) is 5.50. The Morgan fingerprint density at radius 1 is 1.37 bits per heavy atom. The average molecular weight is 284 g/mol. The standard InChI is InChI=1S/C16H23ClFN/c1-2-19-16(10-7-12-5-3-4-6-12)14-9-8-13(17)11-15(14)18/h8-9,11-12,16,19H,2-7,10H2,1H3. The van der Waals surface area contributed by atoms with Crippen LogP contribution in [0.2, 0.25) is 5.02 Å². The van der Waals surface area contributed by atoms with Crippen LogP contribution in [0.4, 0.5) is 4.39 Å². The van der Waals surface area contributed by atoms with Gasteiger partial charge in [0, 0.05) is 16.6 Å². The number of rotatable bonds is 6. The minimum absolute atomic E-state index is 0.114. The summed E-state index contributed by atoms with van der Waals surface area (Å²) in [5.41, 5.74) is 0.754. The summed E-state index contributed by atoms with van der Waals surface area (Å²) in [6, 6.07) is 5.12. The Labute approximate surface area is 120 Å². The Morgan fingerprint density at radius 2 is 2.11 bits per heavy atom. The Bertz CT molecular complexity index is 402. The molecule has 1 saturated carbocycles. The van der Waals surface area contributed by atoms with Crippen LogP contribution in [-0.2, 0) is 0 Å². The molecule has 1 aliphatic carbocycles.